The van der Waals surface area contributed by atoms with E-state index in [1.807, 2.05) is 35.2 Å². The summed E-state index contributed by atoms with van der Waals surface area (Å²) < 4.78 is 17.6. The fraction of sp³-hybridized carbons (Fsp3) is 0.345. The van der Waals surface area contributed by atoms with Crippen molar-refractivity contribution in [2.75, 3.05) is 20.3 Å². The molecule has 3 aromatic rings. The molecule has 0 saturated heterocycles. The quantitative estimate of drug-likeness (QED) is 0.331. The van der Waals surface area contributed by atoms with Crippen LogP contribution in [0.4, 0.5) is 0 Å². The topological polar surface area (TPSA) is 48.0 Å². The Labute approximate surface area is 212 Å². The van der Waals surface area contributed by atoms with Crippen molar-refractivity contribution in [1.29, 1.82) is 0 Å². The van der Waals surface area contributed by atoms with Gasteiger partial charge in [0.25, 0.3) is 5.91 Å². The van der Waals surface area contributed by atoms with Crippen molar-refractivity contribution in [2.45, 2.75) is 45.3 Å². The van der Waals surface area contributed by atoms with Crippen molar-refractivity contribution in [1.82, 2.24) is 4.90 Å². The first-order valence-corrected chi connectivity index (χ1v) is 12.5. The summed E-state index contributed by atoms with van der Waals surface area (Å²) in [6.45, 7) is 5.19. The van der Waals surface area contributed by atoms with Crippen LogP contribution in [0.5, 0.6) is 17.2 Å². The Morgan fingerprint density at radius 1 is 1.00 bits per heavy atom. The van der Waals surface area contributed by atoms with E-state index in [0.717, 1.165) is 42.1 Å². The van der Waals surface area contributed by atoms with E-state index >= 15 is 0 Å². The highest BCUT2D eigenvalue weighted by atomic mass is 35.5. The molecule has 3 aromatic carbocycles. The maximum absolute atomic E-state index is 13.5. The third-order valence-electron chi connectivity index (χ3n) is 6.48. The number of nitrogens with zero attached hydrogens (tertiary/aromatic N) is 1. The van der Waals surface area contributed by atoms with E-state index in [2.05, 4.69) is 26.0 Å². The van der Waals surface area contributed by atoms with Crippen LogP contribution in [-0.2, 0) is 6.42 Å². The molecule has 0 aliphatic carbocycles. The zero-order valence-electron chi connectivity index (χ0n) is 20.5. The van der Waals surface area contributed by atoms with Gasteiger partial charge in [-0.25, -0.2) is 0 Å². The Morgan fingerprint density at radius 3 is 2.40 bits per heavy atom. The molecule has 4 rings (SSSR count). The van der Waals surface area contributed by atoms with Gasteiger partial charge in [0.05, 0.1) is 19.3 Å². The number of hydrogen-bond donors (Lipinski definition) is 0. The van der Waals surface area contributed by atoms with Gasteiger partial charge >= 0.3 is 0 Å². The second kappa shape index (κ2) is 11.5. The van der Waals surface area contributed by atoms with Crippen LogP contribution in [0.1, 0.15) is 54.2 Å². The fourth-order valence-corrected chi connectivity index (χ4v) is 4.66. The summed E-state index contributed by atoms with van der Waals surface area (Å²) in [6, 6.07) is 20.5. The van der Waals surface area contributed by atoms with Crippen molar-refractivity contribution >= 4 is 17.5 Å². The van der Waals surface area contributed by atoms with Crippen molar-refractivity contribution in [2.24, 2.45) is 0 Å². The molecule has 1 aliphatic heterocycles. The lowest BCUT2D eigenvalue weighted by Crippen LogP contribution is -2.42. The number of halogens is 1. The molecule has 1 heterocycles. The molecule has 1 atom stereocenters. The summed E-state index contributed by atoms with van der Waals surface area (Å²) in [6.07, 6.45) is 2.88. The molecule has 0 bridgehead atoms. The van der Waals surface area contributed by atoms with Crippen LogP contribution in [0, 0.1) is 0 Å². The Balaban J connectivity index is 1.62. The molecule has 0 radical (unpaired) electrons. The molecule has 0 aromatic heterocycles. The van der Waals surface area contributed by atoms with Gasteiger partial charge in [0, 0.05) is 17.1 Å². The SMILES string of the molecule is CCC(CC)Oc1ccc2c(c1)CCN(C(=O)c1cccc(Cl)c1)C2COc1ccc(OC)cc1. The van der Waals surface area contributed by atoms with Crippen molar-refractivity contribution in [3.63, 3.8) is 0 Å². The van der Waals surface area contributed by atoms with Crippen LogP contribution in [0.2, 0.25) is 5.02 Å². The molecule has 0 spiro atoms. The molecular weight excluding hydrogens is 462 g/mol. The van der Waals surface area contributed by atoms with Crippen LogP contribution in [0.3, 0.4) is 0 Å². The average molecular weight is 494 g/mol. The summed E-state index contributed by atoms with van der Waals surface area (Å²) in [5.41, 5.74) is 2.84. The zero-order chi connectivity index (χ0) is 24.8. The van der Waals surface area contributed by atoms with Gasteiger partial charge in [0.2, 0.25) is 0 Å². The zero-order valence-corrected chi connectivity index (χ0v) is 21.3. The third kappa shape index (κ3) is 5.91. The highest BCUT2D eigenvalue weighted by Crippen LogP contribution is 2.34. The Kier molecular flexibility index (Phi) is 8.19. The summed E-state index contributed by atoms with van der Waals surface area (Å²) in [7, 11) is 1.63. The van der Waals surface area contributed by atoms with E-state index < -0.39 is 0 Å². The minimum atomic E-state index is -0.241. The smallest absolute Gasteiger partial charge is 0.254 e. The number of carbonyl (C=O) groups is 1. The van der Waals surface area contributed by atoms with Crippen LogP contribution in [0.15, 0.2) is 66.7 Å². The van der Waals surface area contributed by atoms with Gasteiger partial charge in [-0.1, -0.05) is 37.6 Å². The number of methoxy groups -OCH3 is 1. The highest BCUT2D eigenvalue weighted by Gasteiger charge is 2.32. The first-order chi connectivity index (χ1) is 17.0. The summed E-state index contributed by atoms with van der Waals surface area (Å²) in [5.74, 6) is 2.31. The number of fused-ring (bicyclic) bond motifs is 1. The Hall–Kier alpha value is -3.18. The molecule has 1 amide bonds. The van der Waals surface area contributed by atoms with Crippen LogP contribution in [0.25, 0.3) is 0 Å². The molecule has 184 valence electrons. The van der Waals surface area contributed by atoms with Crippen molar-refractivity contribution < 1.29 is 19.0 Å². The van der Waals surface area contributed by atoms with Crippen LogP contribution >= 0.6 is 11.6 Å². The third-order valence-corrected chi connectivity index (χ3v) is 6.72. The summed E-state index contributed by atoms with van der Waals surface area (Å²) in [4.78, 5) is 15.4. The lowest BCUT2D eigenvalue weighted by molar-refractivity contribution is 0.0589. The molecule has 35 heavy (non-hydrogen) atoms. The predicted octanol–water partition coefficient (Wildman–Crippen LogP) is 6.73. The van der Waals surface area contributed by atoms with E-state index in [-0.39, 0.29) is 18.1 Å². The normalized spacial score (nSPS) is 15.0. The van der Waals surface area contributed by atoms with E-state index in [0.29, 0.717) is 23.7 Å². The van der Waals surface area contributed by atoms with Gasteiger partial charge in [0.15, 0.2) is 0 Å². The molecule has 1 aliphatic rings. The molecule has 0 saturated carbocycles. The molecule has 6 heteroatoms. The lowest BCUT2D eigenvalue weighted by Gasteiger charge is -2.37. The van der Waals surface area contributed by atoms with Gasteiger partial charge in [0.1, 0.15) is 23.9 Å². The number of carbonyl (C=O) groups excluding carboxylic acids is 1. The fourth-order valence-electron chi connectivity index (χ4n) is 4.47. The second-order valence-electron chi connectivity index (χ2n) is 8.68. The predicted molar refractivity (Wildman–Crippen MR) is 139 cm³/mol. The lowest BCUT2D eigenvalue weighted by atomic mass is 9.92. The van der Waals surface area contributed by atoms with Crippen LogP contribution < -0.4 is 14.2 Å². The van der Waals surface area contributed by atoms with E-state index in [4.69, 9.17) is 25.8 Å². The molecule has 5 nitrogen and oxygen atoms in total. The van der Waals surface area contributed by atoms with Gasteiger partial charge in [-0.15, -0.1) is 0 Å². The molecule has 0 N–H and O–H groups in total. The summed E-state index contributed by atoms with van der Waals surface area (Å²) in [5, 5.41) is 0.544. The number of rotatable bonds is 9. The second-order valence-corrected chi connectivity index (χ2v) is 9.11. The first kappa shape index (κ1) is 24.9. The van der Waals surface area contributed by atoms with Gasteiger partial charge < -0.3 is 19.1 Å². The van der Waals surface area contributed by atoms with Gasteiger partial charge in [-0.3, -0.25) is 4.79 Å². The van der Waals surface area contributed by atoms with Gasteiger partial charge in [-0.05, 0) is 85.0 Å². The van der Waals surface area contributed by atoms with Crippen molar-refractivity contribution in [3.8, 4) is 17.2 Å². The maximum Gasteiger partial charge on any atom is 0.254 e. The largest absolute Gasteiger partial charge is 0.497 e. The van der Waals surface area contributed by atoms with E-state index in [1.54, 1.807) is 31.4 Å². The maximum atomic E-state index is 13.5. The summed E-state index contributed by atoms with van der Waals surface area (Å²) >= 11 is 6.17. The number of benzene rings is 3. The highest BCUT2D eigenvalue weighted by molar-refractivity contribution is 6.30. The first-order valence-electron chi connectivity index (χ1n) is 12.1. The number of hydrogen-bond acceptors (Lipinski definition) is 4. The molecule has 0 fully saturated rings. The standard InChI is InChI=1S/C29H32ClNO4/c1-4-23(5-2)35-26-13-14-27-20(18-26)15-16-31(29(32)21-7-6-8-22(30)17-21)28(27)19-34-25-11-9-24(33-3)10-12-25/h6-14,17-18,23,28H,4-5,15-16,19H2,1-3H3. The number of amides is 1. The minimum absolute atomic E-state index is 0.0566. The average Bonchev–Trinajstić information content (AvgIpc) is 2.90. The van der Waals surface area contributed by atoms with Gasteiger partial charge in [-0.2, -0.15) is 0 Å². The van der Waals surface area contributed by atoms with Crippen molar-refractivity contribution in [3.05, 3.63) is 88.4 Å². The Bertz CT molecular complexity index is 1140. The van der Waals surface area contributed by atoms with E-state index in [9.17, 15) is 4.79 Å². The molecule has 1 unspecified atom stereocenters. The van der Waals surface area contributed by atoms with Crippen LogP contribution in [-0.4, -0.2) is 37.2 Å². The monoisotopic (exact) mass is 493 g/mol. The Morgan fingerprint density at radius 2 is 1.71 bits per heavy atom. The number of ether oxygens (including phenoxy) is 3. The molecular formula is C29H32ClNO4. The van der Waals surface area contributed by atoms with E-state index in [1.165, 1.54) is 5.56 Å². The minimum Gasteiger partial charge on any atom is -0.497 e.